The SMILES string of the molecule is CCCC(C)(O)Cc1ccc(CC)cc1. The van der Waals surface area contributed by atoms with Crippen molar-refractivity contribution in [3.05, 3.63) is 35.4 Å². The van der Waals surface area contributed by atoms with E-state index in [1.54, 1.807) is 0 Å². The molecule has 1 heteroatoms. The predicted octanol–water partition coefficient (Wildman–Crippen LogP) is 3.34. The quantitative estimate of drug-likeness (QED) is 0.783. The average Bonchev–Trinajstić information content (AvgIpc) is 2.18. The van der Waals surface area contributed by atoms with Gasteiger partial charge in [0.05, 0.1) is 5.60 Å². The Hall–Kier alpha value is -0.820. The molecule has 0 heterocycles. The van der Waals surface area contributed by atoms with Crippen LogP contribution in [0.1, 0.15) is 44.7 Å². The molecule has 0 aliphatic heterocycles. The fraction of sp³-hybridized carbons (Fsp3) is 0.571. The zero-order chi connectivity index (χ0) is 11.3. The molecule has 0 spiro atoms. The van der Waals surface area contributed by atoms with Gasteiger partial charge in [-0.2, -0.15) is 0 Å². The molecule has 0 aliphatic carbocycles. The van der Waals surface area contributed by atoms with Crippen molar-refractivity contribution in [3.8, 4) is 0 Å². The van der Waals surface area contributed by atoms with Crippen molar-refractivity contribution in [2.75, 3.05) is 0 Å². The van der Waals surface area contributed by atoms with Crippen LogP contribution in [0, 0.1) is 0 Å². The van der Waals surface area contributed by atoms with E-state index >= 15 is 0 Å². The van der Waals surface area contributed by atoms with Crippen LogP contribution in [0.25, 0.3) is 0 Å². The second kappa shape index (κ2) is 5.32. The lowest BCUT2D eigenvalue weighted by molar-refractivity contribution is 0.0505. The maximum Gasteiger partial charge on any atom is 0.0659 e. The van der Waals surface area contributed by atoms with Crippen LogP contribution in [-0.4, -0.2) is 10.7 Å². The Kier molecular flexibility index (Phi) is 4.34. The molecule has 84 valence electrons. The molecule has 0 aliphatic rings. The van der Waals surface area contributed by atoms with Gasteiger partial charge in [-0.15, -0.1) is 0 Å². The molecular formula is C14H22O. The number of benzene rings is 1. The lowest BCUT2D eigenvalue weighted by atomic mass is 9.92. The molecule has 15 heavy (non-hydrogen) atoms. The molecule has 1 aromatic rings. The fourth-order valence-electron chi connectivity index (χ4n) is 1.96. The zero-order valence-electron chi connectivity index (χ0n) is 10.1. The van der Waals surface area contributed by atoms with E-state index in [4.69, 9.17) is 0 Å². The van der Waals surface area contributed by atoms with Crippen molar-refractivity contribution in [2.24, 2.45) is 0 Å². The van der Waals surface area contributed by atoms with Gasteiger partial charge in [0.25, 0.3) is 0 Å². The second-order valence-corrected chi connectivity index (χ2v) is 4.59. The average molecular weight is 206 g/mol. The van der Waals surface area contributed by atoms with Crippen molar-refractivity contribution < 1.29 is 5.11 Å². The Morgan fingerprint density at radius 2 is 1.60 bits per heavy atom. The molecule has 1 N–H and O–H groups in total. The van der Waals surface area contributed by atoms with E-state index in [2.05, 4.69) is 38.1 Å². The standard InChI is InChI=1S/C14H22O/c1-4-10-14(3,15)11-13-8-6-12(5-2)7-9-13/h6-9,15H,4-5,10-11H2,1-3H3. The lowest BCUT2D eigenvalue weighted by Gasteiger charge is -2.22. The summed E-state index contributed by atoms with van der Waals surface area (Å²) < 4.78 is 0. The van der Waals surface area contributed by atoms with Crippen molar-refractivity contribution in [2.45, 2.75) is 52.1 Å². The minimum Gasteiger partial charge on any atom is -0.390 e. The van der Waals surface area contributed by atoms with Crippen LogP contribution in [0.15, 0.2) is 24.3 Å². The monoisotopic (exact) mass is 206 g/mol. The molecule has 0 saturated heterocycles. The van der Waals surface area contributed by atoms with Crippen LogP contribution in [0.2, 0.25) is 0 Å². The summed E-state index contributed by atoms with van der Waals surface area (Å²) in [4.78, 5) is 0. The Bertz CT molecular complexity index is 285. The summed E-state index contributed by atoms with van der Waals surface area (Å²) in [6.45, 7) is 6.18. The smallest absolute Gasteiger partial charge is 0.0659 e. The largest absolute Gasteiger partial charge is 0.390 e. The first kappa shape index (κ1) is 12.3. The molecule has 1 rings (SSSR count). The Morgan fingerprint density at radius 1 is 1.07 bits per heavy atom. The molecule has 0 amide bonds. The maximum absolute atomic E-state index is 10.1. The third kappa shape index (κ3) is 4.05. The zero-order valence-corrected chi connectivity index (χ0v) is 10.1. The van der Waals surface area contributed by atoms with E-state index in [-0.39, 0.29) is 0 Å². The molecular weight excluding hydrogens is 184 g/mol. The van der Waals surface area contributed by atoms with Crippen LogP contribution < -0.4 is 0 Å². The predicted molar refractivity (Wildman–Crippen MR) is 65.1 cm³/mol. The molecule has 0 fully saturated rings. The van der Waals surface area contributed by atoms with Crippen molar-refractivity contribution in [1.29, 1.82) is 0 Å². The van der Waals surface area contributed by atoms with Crippen LogP contribution >= 0.6 is 0 Å². The van der Waals surface area contributed by atoms with E-state index < -0.39 is 5.60 Å². The van der Waals surface area contributed by atoms with Crippen molar-refractivity contribution in [1.82, 2.24) is 0 Å². The Balaban J connectivity index is 2.64. The minimum atomic E-state index is -0.553. The highest BCUT2D eigenvalue weighted by molar-refractivity contribution is 5.23. The van der Waals surface area contributed by atoms with Gasteiger partial charge in [-0.3, -0.25) is 0 Å². The molecule has 0 saturated carbocycles. The highest BCUT2D eigenvalue weighted by Crippen LogP contribution is 2.18. The van der Waals surface area contributed by atoms with Gasteiger partial charge < -0.3 is 5.11 Å². The summed E-state index contributed by atoms with van der Waals surface area (Å²) in [7, 11) is 0. The Morgan fingerprint density at radius 3 is 2.07 bits per heavy atom. The fourth-order valence-corrected chi connectivity index (χ4v) is 1.96. The van der Waals surface area contributed by atoms with Crippen LogP contribution in [-0.2, 0) is 12.8 Å². The summed E-state index contributed by atoms with van der Waals surface area (Å²) in [5.74, 6) is 0. The van der Waals surface area contributed by atoms with Gasteiger partial charge in [0.15, 0.2) is 0 Å². The second-order valence-electron chi connectivity index (χ2n) is 4.59. The summed E-state index contributed by atoms with van der Waals surface area (Å²) >= 11 is 0. The summed E-state index contributed by atoms with van der Waals surface area (Å²) in [6, 6.07) is 8.56. The van der Waals surface area contributed by atoms with Gasteiger partial charge in [-0.1, -0.05) is 44.5 Å². The molecule has 0 bridgehead atoms. The van der Waals surface area contributed by atoms with Gasteiger partial charge >= 0.3 is 0 Å². The van der Waals surface area contributed by atoms with Gasteiger partial charge in [-0.25, -0.2) is 0 Å². The van der Waals surface area contributed by atoms with E-state index in [1.807, 2.05) is 6.92 Å². The maximum atomic E-state index is 10.1. The first-order chi connectivity index (χ1) is 7.07. The summed E-state index contributed by atoms with van der Waals surface area (Å²) in [5.41, 5.74) is 2.03. The minimum absolute atomic E-state index is 0.553. The third-order valence-corrected chi connectivity index (χ3v) is 2.80. The highest BCUT2D eigenvalue weighted by Gasteiger charge is 2.19. The van der Waals surface area contributed by atoms with Gasteiger partial charge in [0, 0.05) is 6.42 Å². The van der Waals surface area contributed by atoms with E-state index in [0.717, 1.165) is 25.7 Å². The van der Waals surface area contributed by atoms with Crippen LogP contribution in [0.3, 0.4) is 0 Å². The first-order valence-corrected chi connectivity index (χ1v) is 5.87. The molecule has 1 unspecified atom stereocenters. The first-order valence-electron chi connectivity index (χ1n) is 5.87. The van der Waals surface area contributed by atoms with Crippen molar-refractivity contribution >= 4 is 0 Å². The van der Waals surface area contributed by atoms with E-state index in [9.17, 15) is 5.11 Å². The molecule has 1 nitrogen and oxygen atoms in total. The van der Waals surface area contributed by atoms with Gasteiger partial charge in [-0.05, 0) is 30.9 Å². The summed E-state index contributed by atoms with van der Waals surface area (Å²) in [5, 5.41) is 10.1. The van der Waals surface area contributed by atoms with Crippen LogP contribution in [0.5, 0.6) is 0 Å². The molecule has 0 radical (unpaired) electrons. The number of aryl methyl sites for hydroxylation is 1. The molecule has 0 aromatic heterocycles. The Labute approximate surface area is 93.1 Å². The van der Waals surface area contributed by atoms with Gasteiger partial charge in [0.2, 0.25) is 0 Å². The lowest BCUT2D eigenvalue weighted by Crippen LogP contribution is -2.26. The van der Waals surface area contributed by atoms with E-state index in [0.29, 0.717) is 0 Å². The van der Waals surface area contributed by atoms with Crippen LogP contribution in [0.4, 0.5) is 0 Å². The topological polar surface area (TPSA) is 20.2 Å². The number of aliphatic hydroxyl groups is 1. The molecule has 1 atom stereocenters. The highest BCUT2D eigenvalue weighted by atomic mass is 16.3. The number of hydrogen-bond acceptors (Lipinski definition) is 1. The normalized spacial score (nSPS) is 14.9. The van der Waals surface area contributed by atoms with Gasteiger partial charge in [0.1, 0.15) is 0 Å². The molecule has 1 aromatic carbocycles. The third-order valence-electron chi connectivity index (χ3n) is 2.80. The van der Waals surface area contributed by atoms with E-state index in [1.165, 1.54) is 11.1 Å². The number of hydrogen-bond donors (Lipinski definition) is 1. The van der Waals surface area contributed by atoms with Crippen molar-refractivity contribution in [3.63, 3.8) is 0 Å². The number of rotatable bonds is 5. The summed E-state index contributed by atoms with van der Waals surface area (Å²) in [6.07, 6.45) is 3.72.